The molecule has 5 N–H and O–H groups in total. The summed E-state index contributed by atoms with van der Waals surface area (Å²) in [5.74, 6) is 0. The van der Waals surface area contributed by atoms with E-state index in [4.69, 9.17) is 10.6 Å². The van der Waals surface area contributed by atoms with Gasteiger partial charge in [0.1, 0.15) is 18.3 Å². The van der Waals surface area contributed by atoms with Gasteiger partial charge in [-0.1, -0.05) is 5.11 Å². The molecule has 0 aliphatic heterocycles. The minimum absolute atomic E-state index is 1.37. The normalized spacial score (nSPS) is 48.4. The number of azide groups is 1. The summed E-state index contributed by atoms with van der Waals surface area (Å²) in [6.45, 7) is 0. The summed E-state index contributed by atoms with van der Waals surface area (Å²) < 4.78 is 0. The maximum Gasteiger partial charge on any atom is 0.111 e. The van der Waals surface area contributed by atoms with Crippen LogP contribution in [-0.2, 0) is 0 Å². The van der Waals surface area contributed by atoms with Crippen LogP contribution in [0, 0.1) is 0 Å². The van der Waals surface area contributed by atoms with Crippen molar-refractivity contribution >= 4 is 0 Å². The molecule has 1 aliphatic rings. The number of nitrogens with zero attached hydrogens (tertiary/aromatic N) is 3. The van der Waals surface area contributed by atoms with Crippen LogP contribution in [0.3, 0.4) is 0 Å². The van der Waals surface area contributed by atoms with Crippen LogP contribution in [-0.4, -0.2) is 62.1 Å². The highest BCUT2D eigenvalue weighted by Gasteiger charge is 2.47. The monoisotopic (exact) mass is 205 g/mol. The highest BCUT2D eigenvalue weighted by Crippen LogP contribution is 2.23. The molecule has 0 saturated heterocycles. The van der Waals surface area contributed by atoms with Crippen molar-refractivity contribution in [3.63, 3.8) is 0 Å². The second-order valence-corrected chi connectivity index (χ2v) is 3.15. The highest BCUT2D eigenvalue weighted by atomic mass is 16.4. The molecule has 8 nitrogen and oxygen atoms in total. The van der Waals surface area contributed by atoms with Crippen molar-refractivity contribution in [3.8, 4) is 0 Å². The summed E-state index contributed by atoms with van der Waals surface area (Å²) in [6, 6.07) is -1.37. The molecule has 3 unspecified atom stereocenters. The fourth-order valence-electron chi connectivity index (χ4n) is 1.41. The molecule has 0 heterocycles. The number of hydrogen-bond acceptors (Lipinski definition) is 6. The van der Waals surface area contributed by atoms with Crippen molar-refractivity contribution < 1.29 is 25.5 Å². The second-order valence-electron chi connectivity index (χ2n) is 3.15. The molecule has 6 atom stereocenters. The van der Waals surface area contributed by atoms with Crippen LogP contribution in [0.15, 0.2) is 5.11 Å². The van der Waals surface area contributed by atoms with Crippen LogP contribution >= 0.6 is 0 Å². The molecule has 1 fully saturated rings. The van der Waals surface area contributed by atoms with Crippen LogP contribution in [0.5, 0.6) is 0 Å². The molecule has 1 rings (SSSR count). The molecular formula is C6H11N3O5. The first kappa shape index (κ1) is 11.2. The van der Waals surface area contributed by atoms with Crippen molar-refractivity contribution in [2.24, 2.45) is 5.11 Å². The van der Waals surface area contributed by atoms with Gasteiger partial charge in [-0.25, -0.2) is 0 Å². The summed E-state index contributed by atoms with van der Waals surface area (Å²) in [4.78, 5) is 2.36. The number of aliphatic hydroxyl groups is 5. The predicted molar refractivity (Wildman–Crippen MR) is 43.0 cm³/mol. The van der Waals surface area contributed by atoms with Crippen molar-refractivity contribution in [1.29, 1.82) is 0 Å². The molecule has 80 valence electrons. The van der Waals surface area contributed by atoms with Crippen molar-refractivity contribution in [1.82, 2.24) is 0 Å². The van der Waals surface area contributed by atoms with Gasteiger partial charge in [-0.2, -0.15) is 0 Å². The molecule has 14 heavy (non-hydrogen) atoms. The third-order valence-electron chi connectivity index (χ3n) is 2.28. The number of hydrogen-bond donors (Lipinski definition) is 5. The molecule has 1 aliphatic carbocycles. The minimum atomic E-state index is -1.66. The van der Waals surface area contributed by atoms with E-state index in [-0.39, 0.29) is 0 Å². The molecule has 0 radical (unpaired) electrons. The summed E-state index contributed by atoms with van der Waals surface area (Å²) in [6.07, 6.45) is -8.16. The topological polar surface area (TPSA) is 150 Å². The molecule has 0 bridgehead atoms. The Balaban J connectivity index is 2.91. The van der Waals surface area contributed by atoms with Gasteiger partial charge < -0.3 is 25.5 Å². The first-order chi connectivity index (χ1) is 6.50. The van der Waals surface area contributed by atoms with E-state index in [9.17, 15) is 20.4 Å². The van der Waals surface area contributed by atoms with Crippen LogP contribution in [0.25, 0.3) is 10.4 Å². The lowest BCUT2D eigenvalue weighted by Gasteiger charge is -2.39. The quantitative estimate of drug-likeness (QED) is 0.182. The second kappa shape index (κ2) is 4.09. The fourth-order valence-corrected chi connectivity index (χ4v) is 1.41. The van der Waals surface area contributed by atoms with Crippen molar-refractivity contribution in [2.75, 3.05) is 0 Å². The predicted octanol–water partition coefficient (Wildman–Crippen LogP) is -2.52. The Morgan fingerprint density at radius 2 is 1.14 bits per heavy atom. The van der Waals surface area contributed by atoms with E-state index in [1.165, 1.54) is 0 Å². The molecule has 1 saturated carbocycles. The van der Waals surface area contributed by atoms with Gasteiger partial charge in [0.15, 0.2) is 0 Å². The summed E-state index contributed by atoms with van der Waals surface area (Å²) >= 11 is 0. The zero-order valence-corrected chi connectivity index (χ0v) is 7.04. The smallest absolute Gasteiger partial charge is 0.111 e. The van der Waals surface area contributed by atoms with Crippen LogP contribution < -0.4 is 0 Å². The third-order valence-corrected chi connectivity index (χ3v) is 2.28. The molecular weight excluding hydrogens is 194 g/mol. The van der Waals surface area contributed by atoms with Gasteiger partial charge >= 0.3 is 0 Å². The minimum Gasteiger partial charge on any atom is -0.390 e. The standard InChI is InChI=1S/C6H11N3O5/c7-9-8-1-2(10)4(12)6(14)5(13)3(1)11/h1-6,10-14H/t1?,2-,3+,4+,5?,6?/m1/s1. The Morgan fingerprint density at radius 1 is 0.786 bits per heavy atom. The lowest BCUT2D eigenvalue weighted by atomic mass is 9.84. The lowest BCUT2D eigenvalue weighted by Crippen LogP contribution is -2.62. The average molecular weight is 205 g/mol. The van der Waals surface area contributed by atoms with Crippen LogP contribution in [0.2, 0.25) is 0 Å². The van der Waals surface area contributed by atoms with E-state index in [0.29, 0.717) is 0 Å². The SMILES string of the molecule is [N-]=[N+]=NC1[C@H](O)C(O)C(O)[C@@H](O)[C@@H]1O. The van der Waals surface area contributed by atoms with E-state index in [1.54, 1.807) is 0 Å². The molecule has 0 amide bonds. The molecule has 8 heteroatoms. The molecule has 0 aromatic rings. The van der Waals surface area contributed by atoms with E-state index in [0.717, 1.165) is 0 Å². The first-order valence-corrected chi connectivity index (χ1v) is 3.95. The lowest BCUT2D eigenvalue weighted by molar-refractivity contribution is -0.184. The van der Waals surface area contributed by atoms with Gasteiger partial charge in [0, 0.05) is 4.91 Å². The van der Waals surface area contributed by atoms with Crippen molar-refractivity contribution in [3.05, 3.63) is 10.4 Å². The Hall–Kier alpha value is -0.890. The van der Waals surface area contributed by atoms with Crippen LogP contribution in [0.1, 0.15) is 0 Å². The fraction of sp³-hybridized carbons (Fsp3) is 1.00. The van der Waals surface area contributed by atoms with Crippen molar-refractivity contribution in [2.45, 2.75) is 36.6 Å². The van der Waals surface area contributed by atoms with Gasteiger partial charge in [-0.05, 0) is 5.53 Å². The van der Waals surface area contributed by atoms with Gasteiger partial charge in [-0.15, -0.1) is 0 Å². The molecule has 0 aromatic heterocycles. The van der Waals surface area contributed by atoms with E-state index < -0.39 is 36.6 Å². The maximum atomic E-state index is 9.28. The number of rotatable bonds is 1. The largest absolute Gasteiger partial charge is 0.390 e. The number of aliphatic hydroxyl groups excluding tert-OH is 5. The van der Waals surface area contributed by atoms with Gasteiger partial charge in [-0.3, -0.25) is 0 Å². The Kier molecular flexibility index (Phi) is 3.27. The Bertz CT molecular complexity index is 240. The zero-order valence-electron chi connectivity index (χ0n) is 7.04. The van der Waals surface area contributed by atoms with E-state index >= 15 is 0 Å². The zero-order chi connectivity index (χ0) is 10.9. The highest BCUT2D eigenvalue weighted by molar-refractivity contribution is 5.02. The molecule has 0 spiro atoms. The van der Waals surface area contributed by atoms with Crippen LogP contribution in [0.4, 0.5) is 0 Å². The summed E-state index contributed by atoms with van der Waals surface area (Å²) in [7, 11) is 0. The third kappa shape index (κ3) is 1.67. The Morgan fingerprint density at radius 3 is 1.50 bits per heavy atom. The van der Waals surface area contributed by atoms with E-state index in [1.807, 2.05) is 0 Å². The van der Waals surface area contributed by atoms with Gasteiger partial charge in [0.2, 0.25) is 0 Å². The van der Waals surface area contributed by atoms with Gasteiger partial charge in [0.05, 0.1) is 18.2 Å². The first-order valence-electron chi connectivity index (χ1n) is 3.95. The maximum absolute atomic E-state index is 9.28. The average Bonchev–Trinajstić information content (AvgIpc) is 2.19. The summed E-state index contributed by atoms with van der Waals surface area (Å²) in [5.41, 5.74) is 8.10. The summed E-state index contributed by atoms with van der Waals surface area (Å²) in [5, 5.41) is 49.1. The van der Waals surface area contributed by atoms with Gasteiger partial charge in [0.25, 0.3) is 0 Å². The Labute approximate surface area is 78.7 Å². The molecule has 0 aromatic carbocycles. The van der Waals surface area contributed by atoms with E-state index in [2.05, 4.69) is 10.0 Å².